The molecule has 0 radical (unpaired) electrons. The van der Waals surface area contributed by atoms with E-state index in [0.717, 1.165) is 30.7 Å². The molecule has 4 amide bonds. The van der Waals surface area contributed by atoms with Crippen LogP contribution in [-0.4, -0.2) is 62.2 Å². The molecule has 1 aliphatic heterocycles. The van der Waals surface area contributed by atoms with Crippen LogP contribution < -0.4 is 11.2 Å². The summed E-state index contributed by atoms with van der Waals surface area (Å²) >= 11 is 0.879. The number of carbonyl (C=O) groups is 3. The standard InChI is InChI=1S/C14H16N4O6S/c1-15-9(19)6(10(20)16(2)13(15)23)8(25-5)7-11(21)17(3)14(24)18(4)12(7)22/h19H,1-5H3. The lowest BCUT2D eigenvalue weighted by molar-refractivity contribution is -0.134. The highest BCUT2D eigenvalue weighted by molar-refractivity contribution is 8.07. The van der Waals surface area contributed by atoms with Gasteiger partial charge in [0.25, 0.3) is 17.4 Å². The Morgan fingerprint density at radius 3 is 1.80 bits per heavy atom. The van der Waals surface area contributed by atoms with E-state index >= 15 is 0 Å². The fourth-order valence-electron chi connectivity index (χ4n) is 2.38. The molecule has 1 saturated heterocycles. The van der Waals surface area contributed by atoms with Gasteiger partial charge < -0.3 is 5.11 Å². The summed E-state index contributed by atoms with van der Waals surface area (Å²) in [4.78, 5) is 62.4. The molecule has 0 spiro atoms. The van der Waals surface area contributed by atoms with E-state index in [9.17, 15) is 29.1 Å². The zero-order valence-electron chi connectivity index (χ0n) is 14.2. The summed E-state index contributed by atoms with van der Waals surface area (Å²) in [6, 6.07) is -0.809. The second kappa shape index (κ2) is 6.24. The first-order valence-corrected chi connectivity index (χ1v) is 8.16. The summed E-state index contributed by atoms with van der Waals surface area (Å²) < 4.78 is 1.58. The van der Waals surface area contributed by atoms with Gasteiger partial charge in [-0.25, -0.2) is 9.59 Å². The van der Waals surface area contributed by atoms with E-state index in [4.69, 9.17) is 0 Å². The Labute approximate surface area is 145 Å². The molecule has 1 aromatic heterocycles. The maximum absolute atomic E-state index is 12.5. The number of barbiturate groups is 1. The number of thioether (sulfide) groups is 1. The molecule has 0 aromatic carbocycles. The van der Waals surface area contributed by atoms with Crippen molar-refractivity contribution in [1.82, 2.24) is 18.9 Å². The van der Waals surface area contributed by atoms with Crippen molar-refractivity contribution in [3.63, 3.8) is 0 Å². The number of urea groups is 1. The Hall–Kier alpha value is -2.82. The molecule has 2 heterocycles. The number of nitrogens with zero attached hydrogens (tertiary/aromatic N) is 4. The van der Waals surface area contributed by atoms with Gasteiger partial charge in [-0.1, -0.05) is 0 Å². The first kappa shape index (κ1) is 18.5. The molecule has 1 aromatic rings. The molecule has 1 aliphatic rings. The highest BCUT2D eigenvalue weighted by Gasteiger charge is 2.41. The van der Waals surface area contributed by atoms with Gasteiger partial charge in [0.2, 0.25) is 5.88 Å². The summed E-state index contributed by atoms with van der Waals surface area (Å²) in [6.45, 7) is 0. The minimum atomic E-state index is -0.896. The second-order valence-electron chi connectivity index (χ2n) is 5.32. The molecule has 0 aliphatic carbocycles. The lowest BCUT2D eigenvalue weighted by atomic mass is 10.1. The Morgan fingerprint density at radius 1 is 0.880 bits per heavy atom. The molecule has 2 rings (SSSR count). The molecule has 0 unspecified atom stereocenters. The minimum Gasteiger partial charge on any atom is -0.494 e. The largest absolute Gasteiger partial charge is 0.494 e. The summed E-state index contributed by atoms with van der Waals surface area (Å²) in [7, 11) is 4.85. The number of hydrogen-bond donors (Lipinski definition) is 1. The van der Waals surface area contributed by atoms with Crippen molar-refractivity contribution >= 4 is 34.5 Å². The van der Waals surface area contributed by atoms with Crippen molar-refractivity contribution in [2.24, 2.45) is 14.1 Å². The average Bonchev–Trinajstić information content (AvgIpc) is 2.60. The molecule has 0 atom stereocenters. The van der Waals surface area contributed by atoms with Crippen LogP contribution in [0.4, 0.5) is 4.79 Å². The van der Waals surface area contributed by atoms with Crippen LogP contribution in [0.2, 0.25) is 0 Å². The monoisotopic (exact) mass is 368 g/mol. The predicted octanol–water partition coefficient (Wildman–Crippen LogP) is -1.09. The number of imide groups is 2. The molecular formula is C14H16N4O6S. The summed E-state index contributed by atoms with van der Waals surface area (Å²) in [5, 5.41) is 10.3. The van der Waals surface area contributed by atoms with Gasteiger partial charge in [-0.2, -0.15) is 0 Å². The van der Waals surface area contributed by atoms with Crippen LogP contribution in [-0.2, 0) is 23.7 Å². The molecule has 11 heteroatoms. The fourth-order valence-corrected chi connectivity index (χ4v) is 3.14. The van der Waals surface area contributed by atoms with Crippen molar-refractivity contribution in [1.29, 1.82) is 0 Å². The Balaban J connectivity index is 2.94. The van der Waals surface area contributed by atoms with Crippen molar-refractivity contribution in [3.05, 3.63) is 32.0 Å². The number of amides is 4. The summed E-state index contributed by atoms with van der Waals surface area (Å²) in [6.07, 6.45) is 1.50. The first-order valence-electron chi connectivity index (χ1n) is 6.93. The smallest absolute Gasteiger partial charge is 0.333 e. The van der Waals surface area contributed by atoms with Gasteiger partial charge in [-0.3, -0.25) is 33.3 Å². The normalized spacial score (nSPS) is 15.2. The maximum Gasteiger partial charge on any atom is 0.333 e. The first-order chi connectivity index (χ1) is 11.6. The van der Waals surface area contributed by atoms with Gasteiger partial charge in [-0.05, 0) is 6.26 Å². The van der Waals surface area contributed by atoms with E-state index < -0.39 is 40.5 Å². The molecule has 25 heavy (non-hydrogen) atoms. The third-order valence-corrected chi connectivity index (χ3v) is 4.72. The quantitative estimate of drug-likeness (QED) is 0.520. The Bertz CT molecular complexity index is 931. The zero-order chi connectivity index (χ0) is 19.2. The third kappa shape index (κ3) is 2.56. The molecule has 0 saturated carbocycles. The zero-order valence-corrected chi connectivity index (χ0v) is 15.0. The second-order valence-corrected chi connectivity index (χ2v) is 6.14. The van der Waals surface area contributed by atoms with Gasteiger partial charge in [-0.15, -0.1) is 11.8 Å². The topological polar surface area (TPSA) is 122 Å². The van der Waals surface area contributed by atoms with E-state index in [0.29, 0.717) is 0 Å². The molecule has 1 N–H and O–H groups in total. The summed E-state index contributed by atoms with van der Waals surface area (Å²) in [5.74, 6) is -2.46. The lowest BCUT2D eigenvalue weighted by Gasteiger charge is -2.30. The van der Waals surface area contributed by atoms with Gasteiger partial charge in [0.05, 0.1) is 0 Å². The van der Waals surface area contributed by atoms with E-state index in [1.807, 2.05) is 0 Å². The Kier molecular flexibility index (Phi) is 4.62. The van der Waals surface area contributed by atoms with Gasteiger partial charge >= 0.3 is 11.7 Å². The number of likely N-dealkylation sites (N-methyl/N-ethyl adjacent to an activating group) is 2. The fraction of sp³-hybridized carbons (Fsp3) is 0.357. The SMILES string of the molecule is CSC(=C1C(=O)N(C)C(=O)N(C)C1=O)c1c(O)n(C)c(=O)n(C)c1=O. The molecule has 134 valence electrons. The Morgan fingerprint density at radius 2 is 1.36 bits per heavy atom. The molecule has 0 bridgehead atoms. The number of aromatic nitrogens is 2. The van der Waals surface area contributed by atoms with E-state index in [1.165, 1.54) is 34.4 Å². The van der Waals surface area contributed by atoms with Crippen LogP contribution in [0.5, 0.6) is 5.88 Å². The number of hydrogen-bond acceptors (Lipinski definition) is 7. The van der Waals surface area contributed by atoms with Crippen LogP contribution in [0.25, 0.3) is 4.91 Å². The van der Waals surface area contributed by atoms with Crippen molar-refractivity contribution in [2.45, 2.75) is 0 Å². The van der Waals surface area contributed by atoms with Crippen LogP contribution in [0.15, 0.2) is 15.2 Å². The van der Waals surface area contributed by atoms with Crippen LogP contribution in [0.1, 0.15) is 5.56 Å². The van der Waals surface area contributed by atoms with Crippen LogP contribution >= 0.6 is 11.8 Å². The van der Waals surface area contributed by atoms with Crippen molar-refractivity contribution < 1.29 is 19.5 Å². The van der Waals surface area contributed by atoms with Crippen molar-refractivity contribution in [3.8, 4) is 5.88 Å². The van der Waals surface area contributed by atoms with Crippen LogP contribution in [0, 0.1) is 0 Å². The number of rotatable bonds is 2. The van der Waals surface area contributed by atoms with E-state index in [1.54, 1.807) is 0 Å². The third-order valence-electron chi connectivity index (χ3n) is 3.90. The highest BCUT2D eigenvalue weighted by atomic mass is 32.2. The molecule has 10 nitrogen and oxygen atoms in total. The molecular weight excluding hydrogens is 352 g/mol. The maximum atomic E-state index is 12.5. The van der Waals surface area contributed by atoms with Crippen molar-refractivity contribution in [2.75, 3.05) is 20.4 Å². The summed E-state index contributed by atoms with van der Waals surface area (Å²) in [5.41, 5.74) is -2.41. The lowest BCUT2D eigenvalue weighted by Crippen LogP contribution is -2.53. The van der Waals surface area contributed by atoms with Gasteiger partial charge in [0, 0.05) is 33.1 Å². The predicted molar refractivity (Wildman–Crippen MR) is 90.0 cm³/mol. The van der Waals surface area contributed by atoms with E-state index in [2.05, 4.69) is 0 Å². The molecule has 1 fully saturated rings. The number of aromatic hydroxyl groups is 1. The van der Waals surface area contributed by atoms with Crippen LogP contribution in [0.3, 0.4) is 0 Å². The van der Waals surface area contributed by atoms with E-state index in [-0.39, 0.29) is 10.5 Å². The van der Waals surface area contributed by atoms with Gasteiger partial charge in [0.1, 0.15) is 11.1 Å². The highest BCUT2D eigenvalue weighted by Crippen LogP contribution is 2.34. The number of carbonyl (C=O) groups excluding carboxylic acids is 3. The average molecular weight is 368 g/mol. The minimum absolute atomic E-state index is 0.116. The van der Waals surface area contributed by atoms with Gasteiger partial charge in [0.15, 0.2) is 0 Å².